The smallest absolute Gasteiger partial charge is 0.408 e. The number of nitrogens with zero attached hydrogens (tertiary/aromatic N) is 1. The summed E-state index contributed by atoms with van der Waals surface area (Å²) in [5.41, 5.74) is -2.55. The third-order valence-electron chi connectivity index (χ3n) is 10.7. The Balaban J connectivity index is 2.19. The minimum absolute atomic E-state index is 0.0306. The number of alkyl carbamates (subject to hydrolysis) is 1. The minimum Gasteiger partial charge on any atom is -0.480 e. The maximum absolute atomic E-state index is 14.6. The molecule has 0 aromatic heterocycles. The van der Waals surface area contributed by atoms with E-state index in [9.17, 15) is 67.7 Å². The summed E-state index contributed by atoms with van der Waals surface area (Å²) in [6, 6.07) is -6.05. The second-order valence-electron chi connectivity index (χ2n) is 18.2. The Hall–Kier alpha value is -6.37. The van der Waals surface area contributed by atoms with Crippen molar-refractivity contribution in [3.63, 3.8) is 0 Å². The third-order valence-corrected chi connectivity index (χ3v) is 11.9. The molecular formula is C45H66N4O25S. The topological polar surface area (TPSA) is 386 Å². The summed E-state index contributed by atoms with van der Waals surface area (Å²) in [5, 5.41) is 26.1. The summed E-state index contributed by atoms with van der Waals surface area (Å²) in [5.74, 6) is -11.6. The number of carboxylic acids is 1. The highest BCUT2D eigenvalue weighted by Crippen LogP contribution is 2.38. The second-order valence-corrected chi connectivity index (χ2v) is 19.3. The number of aliphatic hydroxyl groups excluding tert-OH is 1. The number of likely N-dealkylation sites (tertiary alicyclic amines) is 1. The van der Waals surface area contributed by atoms with E-state index in [1.54, 1.807) is 20.8 Å². The van der Waals surface area contributed by atoms with Crippen LogP contribution >= 0.6 is 11.8 Å². The van der Waals surface area contributed by atoms with Crippen LogP contribution in [0.4, 0.5) is 4.79 Å². The Morgan fingerprint density at radius 2 is 1.13 bits per heavy atom. The molecule has 3 aliphatic heterocycles. The molecule has 14 atom stereocenters. The molecule has 0 aromatic carbocycles. The van der Waals surface area contributed by atoms with Crippen molar-refractivity contribution in [3.05, 3.63) is 0 Å². The number of aliphatic carboxylic acids is 1. The molecule has 0 aliphatic carbocycles. The van der Waals surface area contributed by atoms with Crippen molar-refractivity contribution in [2.45, 2.75) is 179 Å². The van der Waals surface area contributed by atoms with Gasteiger partial charge in [-0.25, -0.2) is 9.59 Å². The molecule has 0 radical (unpaired) electrons. The molecule has 0 bridgehead atoms. The monoisotopic (exact) mass is 1090 g/mol. The molecule has 3 aliphatic rings. The SMILES string of the molecule is CC(=O)OC[C@H]1O[C@@H](O[C@H]2[C@H](OC(C)=O)[C@@H](OC(C)=O)[C@H](SC[C@H](NC(=O)[C@H](C)NC(=O)OC(C)(C)C)C(=O)N3CCC[C@H]3C(=O)N[C@@H](CO)C(=O)O)O[C@@H]2COC(C)=O)[C@H](OC(C)=O)[C@@H](OC(C)=O)[C@H]1OC(C)=O. The Morgan fingerprint density at radius 3 is 1.63 bits per heavy atom. The van der Waals surface area contributed by atoms with Crippen LogP contribution in [0.5, 0.6) is 0 Å². The maximum atomic E-state index is 14.6. The molecular weight excluding hydrogens is 1030 g/mol. The standard InChI is InChI=1S/C45H66N4O25S/c1-19(46-44(63)74-45(9,10)11)38(58)48-28(40(60)49-14-12-13-29(49)39(59)47-27(15-50)41(61)62)18-75-43-37(70-26(8)57)35(68-24(6)55)33(31(72-43)17-65-21(3)52)73-42-36(69-25(7)56)34(67-23(5)54)32(66-22(4)53)30(71-42)16-64-20(2)51/h19,27-37,42-43,50H,12-18H2,1-11H3,(H,46,63)(H,47,59)(H,48,58)(H,61,62)/t19-,27-,28-,29-,30+,31+,32-,33+,34-,35-,36+,37+,42-,43-/m0/s1. The van der Waals surface area contributed by atoms with Crippen LogP contribution in [0.1, 0.15) is 89.0 Å². The van der Waals surface area contributed by atoms with Gasteiger partial charge < -0.3 is 83.2 Å². The van der Waals surface area contributed by atoms with E-state index in [1.807, 2.05) is 0 Å². The summed E-state index contributed by atoms with van der Waals surface area (Å²) in [6.07, 6.45) is -16.5. The normalized spacial score (nSPS) is 26.6. The van der Waals surface area contributed by atoms with E-state index in [0.29, 0.717) is 11.8 Å². The minimum atomic E-state index is -1.97. The lowest BCUT2D eigenvalue weighted by Crippen LogP contribution is -2.67. The number of carboxylic acid groups (broad SMARTS) is 1. The van der Waals surface area contributed by atoms with Gasteiger partial charge in [0, 0.05) is 60.8 Å². The highest BCUT2D eigenvalue weighted by Gasteiger charge is 2.58. The Kier molecular flexibility index (Phi) is 23.9. The van der Waals surface area contributed by atoms with E-state index >= 15 is 0 Å². The van der Waals surface area contributed by atoms with E-state index in [2.05, 4.69) is 16.0 Å². The molecule has 3 rings (SSSR count). The molecule has 0 saturated carbocycles. The third kappa shape index (κ3) is 19.7. The number of carbonyl (C=O) groups excluding carboxylic acids is 11. The molecule has 0 aromatic rings. The van der Waals surface area contributed by atoms with Gasteiger partial charge in [-0.3, -0.25) is 47.9 Å². The predicted molar refractivity (Wildman–Crippen MR) is 248 cm³/mol. The number of hydrogen-bond acceptors (Lipinski definition) is 25. The molecule has 3 heterocycles. The maximum Gasteiger partial charge on any atom is 0.408 e. The van der Waals surface area contributed by atoms with Crippen molar-refractivity contribution in [3.8, 4) is 0 Å². The Labute approximate surface area is 434 Å². The van der Waals surface area contributed by atoms with Gasteiger partial charge in [0.15, 0.2) is 36.8 Å². The zero-order valence-electron chi connectivity index (χ0n) is 43.2. The van der Waals surface area contributed by atoms with E-state index in [1.165, 1.54) is 6.92 Å². The van der Waals surface area contributed by atoms with Gasteiger partial charge in [-0.05, 0) is 40.5 Å². The van der Waals surface area contributed by atoms with Crippen LogP contribution in [-0.4, -0.2) is 209 Å². The fourth-order valence-electron chi connectivity index (χ4n) is 7.78. The molecule has 0 unspecified atom stereocenters. The van der Waals surface area contributed by atoms with Gasteiger partial charge in [-0.2, -0.15) is 0 Å². The molecule has 3 saturated heterocycles. The van der Waals surface area contributed by atoms with Gasteiger partial charge in [0.05, 0.1) is 6.61 Å². The first-order valence-corrected chi connectivity index (χ1v) is 24.4. The number of thioether (sulfide) groups is 1. The number of ether oxygens (including phenoxy) is 11. The number of nitrogens with one attached hydrogen (secondary N) is 3. The van der Waals surface area contributed by atoms with Gasteiger partial charge in [0.2, 0.25) is 17.7 Å². The second kappa shape index (κ2) is 28.5. The van der Waals surface area contributed by atoms with Crippen molar-refractivity contribution in [2.24, 2.45) is 0 Å². The van der Waals surface area contributed by atoms with Gasteiger partial charge in [-0.15, -0.1) is 11.8 Å². The lowest BCUT2D eigenvalue weighted by molar-refractivity contribution is -0.341. The van der Waals surface area contributed by atoms with Gasteiger partial charge in [0.1, 0.15) is 66.7 Å². The summed E-state index contributed by atoms with van der Waals surface area (Å²) in [4.78, 5) is 155. The number of hydrogen-bond donors (Lipinski definition) is 5. The van der Waals surface area contributed by atoms with Crippen molar-refractivity contribution in [2.75, 3.05) is 32.1 Å². The van der Waals surface area contributed by atoms with E-state index in [-0.39, 0.29) is 19.4 Å². The molecule has 4 amide bonds. The summed E-state index contributed by atoms with van der Waals surface area (Å²) in [6.45, 7) is 10.5. The summed E-state index contributed by atoms with van der Waals surface area (Å²) < 4.78 is 62.6. The number of aliphatic hydroxyl groups is 1. The van der Waals surface area contributed by atoms with Crippen molar-refractivity contribution >= 4 is 83.3 Å². The van der Waals surface area contributed by atoms with Crippen molar-refractivity contribution in [1.82, 2.24) is 20.9 Å². The van der Waals surface area contributed by atoms with Crippen LogP contribution in [0.3, 0.4) is 0 Å². The average molecular weight is 1100 g/mol. The first-order chi connectivity index (χ1) is 34.9. The summed E-state index contributed by atoms with van der Waals surface area (Å²) in [7, 11) is 0. The molecule has 75 heavy (non-hydrogen) atoms. The zero-order chi connectivity index (χ0) is 56.6. The fraction of sp³-hybridized carbons (Fsp3) is 0.733. The first kappa shape index (κ1) is 62.9. The largest absolute Gasteiger partial charge is 0.480 e. The molecule has 3 fully saturated rings. The van der Waals surface area contributed by atoms with Gasteiger partial charge in [0.25, 0.3) is 0 Å². The average Bonchev–Trinajstić information content (AvgIpc) is 3.77. The van der Waals surface area contributed by atoms with Crippen LogP contribution in [0.25, 0.3) is 0 Å². The first-order valence-electron chi connectivity index (χ1n) is 23.4. The zero-order valence-corrected chi connectivity index (χ0v) is 44.0. The summed E-state index contributed by atoms with van der Waals surface area (Å²) >= 11 is 0.667. The lowest BCUT2D eigenvalue weighted by atomic mass is 9.96. The van der Waals surface area contributed by atoms with Crippen LogP contribution in [-0.2, 0) is 105 Å². The number of rotatable bonds is 22. The van der Waals surface area contributed by atoms with Crippen LogP contribution < -0.4 is 16.0 Å². The fourth-order valence-corrected chi connectivity index (χ4v) is 9.00. The van der Waals surface area contributed by atoms with Crippen molar-refractivity contribution < 1.29 is 120 Å². The Morgan fingerprint density at radius 1 is 0.640 bits per heavy atom. The van der Waals surface area contributed by atoms with Gasteiger partial charge >= 0.3 is 53.8 Å². The van der Waals surface area contributed by atoms with Gasteiger partial charge in [-0.1, -0.05) is 0 Å². The van der Waals surface area contributed by atoms with Crippen LogP contribution in [0.15, 0.2) is 0 Å². The van der Waals surface area contributed by atoms with E-state index in [0.717, 1.165) is 53.4 Å². The van der Waals surface area contributed by atoms with Crippen LogP contribution in [0, 0.1) is 0 Å². The lowest BCUT2D eigenvalue weighted by Gasteiger charge is -2.48. The highest BCUT2D eigenvalue weighted by molar-refractivity contribution is 7.99. The molecule has 29 nitrogen and oxygen atoms in total. The van der Waals surface area contributed by atoms with Crippen molar-refractivity contribution in [1.29, 1.82) is 0 Å². The molecule has 0 spiro atoms. The Bertz CT molecular complexity index is 2120. The quantitative estimate of drug-likeness (QED) is 0.0595. The number of esters is 7. The number of carbonyl (C=O) groups is 12. The van der Waals surface area contributed by atoms with E-state index in [4.69, 9.17) is 52.1 Å². The van der Waals surface area contributed by atoms with E-state index < -0.39 is 187 Å². The highest BCUT2D eigenvalue weighted by atomic mass is 32.2. The molecule has 5 N–H and O–H groups in total. The number of amides is 4. The molecule has 422 valence electrons. The van der Waals surface area contributed by atoms with Crippen LogP contribution in [0.2, 0.25) is 0 Å². The molecule has 30 heteroatoms. The predicted octanol–water partition coefficient (Wildman–Crippen LogP) is -1.71.